The first-order valence-electron chi connectivity index (χ1n) is 8.91. The van der Waals surface area contributed by atoms with Gasteiger partial charge in [0.25, 0.3) is 5.91 Å². The van der Waals surface area contributed by atoms with Crippen LogP contribution in [0.25, 0.3) is 10.9 Å². The Labute approximate surface area is 170 Å². The van der Waals surface area contributed by atoms with Crippen LogP contribution in [-0.4, -0.2) is 72.5 Å². The SMILES string of the molecule is F[C@H]1CCNC1.O=CN1CCN(C(=O)c2[nH]c3ccc(F)c(Cl)c3c2Cl)CC1. The first kappa shape index (κ1) is 20.8. The number of carbonyl (C=O) groups is 2. The van der Waals surface area contributed by atoms with Crippen molar-refractivity contribution in [3.05, 3.63) is 33.7 Å². The number of amides is 2. The highest BCUT2D eigenvalue weighted by atomic mass is 35.5. The number of aromatic nitrogens is 1. The minimum Gasteiger partial charge on any atom is -0.349 e. The standard InChI is InChI=1S/C14H12Cl2FN3O2.C4H8FN/c15-11-8(17)1-2-9-10(11)12(16)13(18-9)14(22)20-5-3-19(7-21)4-6-20;5-4-1-2-6-3-4/h1-2,7,18H,3-6H2;4,6H,1-3H2/t;4-/m.0/s1. The number of hydrogen-bond donors (Lipinski definition) is 2. The third-order valence-corrected chi connectivity index (χ3v) is 5.51. The van der Waals surface area contributed by atoms with Crippen LogP contribution < -0.4 is 5.32 Å². The molecule has 2 fully saturated rings. The molecule has 2 aromatic rings. The van der Waals surface area contributed by atoms with Crippen molar-refractivity contribution in [3.63, 3.8) is 0 Å². The van der Waals surface area contributed by atoms with Crippen molar-refractivity contribution >= 4 is 46.4 Å². The van der Waals surface area contributed by atoms with Crippen molar-refractivity contribution in [2.45, 2.75) is 12.6 Å². The lowest BCUT2D eigenvalue weighted by molar-refractivity contribution is -0.119. The molecule has 152 valence electrons. The third kappa shape index (κ3) is 4.39. The first-order valence-corrected chi connectivity index (χ1v) is 9.66. The molecule has 1 aromatic carbocycles. The number of nitrogens with one attached hydrogen (secondary N) is 2. The van der Waals surface area contributed by atoms with Crippen molar-refractivity contribution in [2.75, 3.05) is 39.3 Å². The molecular weight excluding hydrogens is 413 g/mol. The summed E-state index contributed by atoms with van der Waals surface area (Å²) in [6.45, 7) is 3.23. The number of carbonyl (C=O) groups excluding carboxylic acids is 2. The molecule has 2 saturated heterocycles. The van der Waals surface area contributed by atoms with E-state index in [2.05, 4.69) is 10.3 Å². The van der Waals surface area contributed by atoms with E-state index >= 15 is 0 Å². The Morgan fingerprint density at radius 3 is 2.43 bits per heavy atom. The lowest BCUT2D eigenvalue weighted by Crippen LogP contribution is -2.48. The van der Waals surface area contributed by atoms with Crippen LogP contribution in [0.4, 0.5) is 8.78 Å². The Balaban J connectivity index is 0.000000320. The largest absolute Gasteiger partial charge is 0.349 e. The molecule has 2 amide bonds. The lowest BCUT2D eigenvalue weighted by Gasteiger charge is -2.32. The van der Waals surface area contributed by atoms with E-state index < -0.39 is 12.0 Å². The summed E-state index contributed by atoms with van der Waals surface area (Å²) < 4.78 is 25.4. The van der Waals surface area contributed by atoms with Crippen LogP contribution >= 0.6 is 23.2 Å². The minimum atomic E-state index is -0.589. The van der Waals surface area contributed by atoms with Gasteiger partial charge >= 0.3 is 0 Å². The molecular formula is C18H20Cl2F2N4O2. The molecule has 0 radical (unpaired) electrons. The van der Waals surface area contributed by atoms with Gasteiger partial charge in [-0.2, -0.15) is 0 Å². The summed E-state index contributed by atoms with van der Waals surface area (Å²) in [6.07, 6.45) is 0.908. The highest BCUT2D eigenvalue weighted by Crippen LogP contribution is 2.35. The summed E-state index contributed by atoms with van der Waals surface area (Å²) in [5.41, 5.74) is 0.690. The molecule has 3 heterocycles. The summed E-state index contributed by atoms with van der Waals surface area (Å²) in [6, 6.07) is 2.71. The van der Waals surface area contributed by atoms with Gasteiger partial charge in [-0.1, -0.05) is 23.2 Å². The monoisotopic (exact) mass is 432 g/mol. The second kappa shape index (κ2) is 9.07. The summed E-state index contributed by atoms with van der Waals surface area (Å²) >= 11 is 12.1. The molecule has 1 aromatic heterocycles. The lowest BCUT2D eigenvalue weighted by atomic mass is 10.2. The number of rotatable bonds is 2. The molecule has 0 bridgehead atoms. The maximum Gasteiger partial charge on any atom is 0.271 e. The molecule has 10 heteroatoms. The van der Waals surface area contributed by atoms with Gasteiger partial charge in [0.2, 0.25) is 6.41 Å². The van der Waals surface area contributed by atoms with E-state index in [0.29, 0.717) is 50.0 Å². The van der Waals surface area contributed by atoms with Gasteiger partial charge in [0, 0.05) is 43.6 Å². The molecule has 0 aliphatic carbocycles. The molecule has 4 rings (SSSR count). The maximum absolute atomic E-state index is 13.5. The number of nitrogens with zero attached hydrogens (tertiary/aromatic N) is 2. The zero-order valence-corrected chi connectivity index (χ0v) is 16.5. The van der Waals surface area contributed by atoms with Crippen LogP contribution in [0, 0.1) is 5.82 Å². The number of hydrogen-bond acceptors (Lipinski definition) is 3. The quantitative estimate of drug-likeness (QED) is 0.716. The predicted octanol–water partition coefficient (Wildman–Crippen LogP) is 2.85. The van der Waals surface area contributed by atoms with Gasteiger partial charge in [-0.05, 0) is 25.1 Å². The third-order valence-electron chi connectivity index (χ3n) is 4.76. The highest BCUT2D eigenvalue weighted by molar-refractivity contribution is 6.44. The summed E-state index contributed by atoms with van der Waals surface area (Å²) in [5, 5.41) is 3.21. The molecule has 0 saturated carbocycles. The molecule has 1 atom stereocenters. The van der Waals surface area contributed by atoms with Crippen LogP contribution in [0.15, 0.2) is 12.1 Å². The Bertz CT molecular complexity index is 863. The van der Waals surface area contributed by atoms with Crippen LogP contribution in [-0.2, 0) is 4.79 Å². The molecule has 6 nitrogen and oxygen atoms in total. The van der Waals surface area contributed by atoms with Crippen LogP contribution in [0.3, 0.4) is 0 Å². The highest BCUT2D eigenvalue weighted by Gasteiger charge is 2.26. The number of halogens is 4. The van der Waals surface area contributed by atoms with Gasteiger partial charge < -0.3 is 20.1 Å². The van der Waals surface area contributed by atoms with E-state index in [1.807, 2.05) is 0 Å². The van der Waals surface area contributed by atoms with Gasteiger partial charge in [0.1, 0.15) is 17.7 Å². The topological polar surface area (TPSA) is 68.4 Å². The van der Waals surface area contributed by atoms with Gasteiger partial charge in [-0.25, -0.2) is 8.78 Å². The number of H-pyrrole nitrogens is 1. The van der Waals surface area contributed by atoms with Crippen LogP contribution in [0.1, 0.15) is 16.9 Å². The van der Waals surface area contributed by atoms with Crippen LogP contribution in [0.5, 0.6) is 0 Å². The molecule has 2 aliphatic heterocycles. The second-order valence-electron chi connectivity index (χ2n) is 6.62. The van der Waals surface area contributed by atoms with E-state index in [1.54, 1.807) is 9.80 Å². The molecule has 2 aliphatic rings. The summed E-state index contributed by atoms with van der Waals surface area (Å²) in [7, 11) is 0. The van der Waals surface area contributed by atoms with Crippen molar-refractivity contribution in [3.8, 4) is 0 Å². The van der Waals surface area contributed by atoms with E-state index in [4.69, 9.17) is 23.2 Å². The Morgan fingerprint density at radius 2 is 1.89 bits per heavy atom. The Morgan fingerprint density at radius 1 is 1.18 bits per heavy atom. The fraction of sp³-hybridized carbons (Fsp3) is 0.444. The molecule has 28 heavy (non-hydrogen) atoms. The zero-order valence-electron chi connectivity index (χ0n) is 15.0. The van der Waals surface area contributed by atoms with Gasteiger partial charge in [-0.15, -0.1) is 0 Å². The maximum atomic E-state index is 13.5. The van der Waals surface area contributed by atoms with E-state index in [1.165, 1.54) is 12.1 Å². The Hall–Kier alpha value is -1.90. The molecule has 0 unspecified atom stereocenters. The summed E-state index contributed by atoms with van der Waals surface area (Å²) in [4.78, 5) is 29.3. The average Bonchev–Trinajstić information content (AvgIpc) is 3.32. The van der Waals surface area contributed by atoms with Crippen molar-refractivity contribution in [1.29, 1.82) is 0 Å². The fourth-order valence-corrected chi connectivity index (χ4v) is 3.77. The number of aromatic amines is 1. The first-order chi connectivity index (χ1) is 13.4. The molecule has 2 N–H and O–H groups in total. The van der Waals surface area contributed by atoms with Crippen molar-refractivity contribution < 1.29 is 18.4 Å². The average molecular weight is 433 g/mol. The van der Waals surface area contributed by atoms with E-state index in [0.717, 1.165) is 13.0 Å². The van der Waals surface area contributed by atoms with Gasteiger partial charge in [0.05, 0.1) is 10.0 Å². The van der Waals surface area contributed by atoms with E-state index in [-0.39, 0.29) is 21.6 Å². The minimum absolute atomic E-state index is 0.108. The number of benzene rings is 1. The van der Waals surface area contributed by atoms with Crippen molar-refractivity contribution in [2.24, 2.45) is 0 Å². The molecule has 0 spiro atoms. The van der Waals surface area contributed by atoms with Gasteiger partial charge in [0.15, 0.2) is 0 Å². The number of fused-ring (bicyclic) bond motifs is 1. The number of piperazine rings is 1. The fourth-order valence-electron chi connectivity index (χ4n) is 3.14. The van der Waals surface area contributed by atoms with Gasteiger partial charge in [-0.3, -0.25) is 9.59 Å². The Kier molecular flexibility index (Phi) is 6.74. The normalized spacial score (nSPS) is 19.5. The number of alkyl halides is 1. The second-order valence-corrected chi connectivity index (χ2v) is 7.38. The van der Waals surface area contributed by atoms with Crippen LogP contribution in [0.2, 0.25) is 10.0 Å². The smallest absolute Gasteiger partial charge is 0.271 e. The van der Waals surface area contributed by atoms with Crippen molar-refractivity contribution in [1.82, 2.24) is 20.1 Å². The zero-order chi connectivity index (χ0) is 20.3. The predicted molar refractivity (Wildman–Crippen MR) is 104 cm³/mol. The van der Waals surface area contributed by atoms with E-state index in [9.17, 15) is 18.4 Å². The summed E-state index contributed by atoms with van der Waals surface area (Å²) in [5.74, 6) is -0.878.